The van der Waals surface area contributed by atoms with E-state index in [1.807, 2.05) is 20.9 Å². The second-order valence-electron chi connectivity index (χ2n) is 5.13. The maximum Gasteiger partial charge on any atom is 0.244 e. The van der Waals surface area contributed by atoms with E-state index < -0.39 is 0 Å². The van der Waals surface area contributed by atoms with Crippen LogP contribution in [0.15, 0.2) is 30.3 Å². The molecular formula is C17H20ClN3O2. The van der Waals surface area contributed by atoms with Crippen LogP contribution in [0, 0.1) is 13.8 Å². The SMILES string of the molecule is Cc1nn(C)c(C)c1/C=C/C(=O)NCCOc1ccc(Cl)cc1. The molecule has 0 aliphatic carbocycles. The maximum atomic E-state index is 11.8. The topological polar surface area (TPSA) is 56.2 Å². The van der Waals surface area contributed by atoms with E-state index in [0.29, 0.717) is 18.2 Å². The van der Waals surface area contributed by atoms with Gasteiger partial charge in [-0.1, -0.05) is 11.6 Å². The lowest BCUT2D eigenvalue weighted by atomic mass is 10.2. The molecule has 0 saturated carbocycles. The Morgan fingerprint density at radius 1 is 1.35 bits per heavy atom. The Balaban J connectivity index is 1.76. The Bertz CT molecular complexity index is 705. The molecule has 2 aromatic rings. The van der Waals surface area contributed by atoms with Gasteiger partial charge in [0.15, 0.2) is 0 Å². The van der Waals surface area contributed by atoms with E-state index in [1.165, 1.54) is 6.08 Å². The summed E-state index contributed by atoms with van der Waals surface area (Å²) < 4.78 is 7.30. The van der Waals surface area contributed by atoms with Crippen LogP contribution in [-0.2, 0) is 11.8 Å². The molecule has 0 saturated heterocycles. The van der Waals surface area contributed by atoms with E-state index in [1.54, 1.807) is 35.0 Å². The number of hydrogen-bond donors (Lipinski definition) is 1. The van der Waals surface area contributed by atoms with Gasteiger partial charge in [0.05, 0.1) is 12.2 Å². The molecule has 0 bridgehead atoms. The Hall–Kier alpha value is -2.27. The van der Waals surface area contributed by atoms with Crippen LogP contribution in [0.4, 0.5) is 0 Å². The van der Waals surface area contributed by atoms with Crippen molar-refractivity contribution < 1.29 is 9.53 Å². The third kappa shape index (κ3) is 4.86. The van der Waals surface area contributed by atoms with Crippen LogP contribution in [0.5, 0.6) is 5.75 Å². The third-order valence-corrected chi connectivity index (χ3v) is 3.70. The van der Waals surface area contributed by atoms with E-state index >= 15 is 0 Å². The van der Waals surface area contributed by atoms with Crippen molar-refractivity contribution in [3.8, 4) is 5.75 Å². The first kappa shape index (κ1) is 17.1. The van der Waals surface area contributed by atoms with E-state index in [-0.39, 0.29) is 5.91 Å². The zero-order valence-corrected chi connectivity index (χ0v) is 14.2. The van der Waals surface area contributed by atoms with Crippen molar-refractivity contribution >= 4 is 23.6 Å². The molecule has 1 aromatic carbocycles. The predicted octanol–water partition coefficient (Wildman–Crippen LogP) is 2.90. The number of nitrogens with zero attached hydrogens (tertiary/aromatic N) is 2. The van der Waals surface area contributed by atoms with Gasteiger partial charge in [-0.15, -0.1) is 0 Å². The normalized spacial score (nSPS) is 11.0. The van der Waals surface area contributed by atoms with Crippen LogP contribution in [0.25, 0.3) is 6.08 Å². The van der Waals surface area contributed by atoms with Crippen molar-refractivity contribution in [1.29, 1.82) is 0 Å². The number of nitrogens with one attached hydrogen (secondary N) is 1. The molecule has 122 valence electrons. The standard InChI is InChI=1S/C17H20ClN3O2/c1-12-16(13(2)21(3)20-12)8-9-17(22)19-10-11-23-15-6-4-14(18)5-7-15/h4-9H,10-11H2,1-3H3,(H,19,22)/b9-8+. The fourth-order valence-electron chi connectivity index (χ4n) is 2.12. The Morgan fingerprint density at radius 2 is 2.04 bits per heavy atom. The van der Waals surface area contributed by atoms with Crippen molar-refractivity contribution in [1.82, 2.24) is 15.1 Å². The zero-order valence-electron chi connectivity index (χ0n) is 13.5. The Kier molecular flexibility index (Phi) is 5.82. The minimum Gasteiger partial charge on any atom is -0.492 e. The summed E-state index contributed by atoms with van der Waals surface area (Å²) in [4.78, 5) is 11.8. The van der Waals surface area contributed by atoms with Gasteiger partial charge in [0, 0.05) is 29.4 Å². The largest absolute Gasteiger partial charge is 0.492 e. The number of carbonyl (C=O) groups is 1. The Labute approximate surface area is 140 Å². The Morgan fingerprint density at radius 3 is 2.65 bits per heavy atom. The summed E-state index contributed by atoms with van der Waals surface area (Å²) >= 11 is 5.80. The molecule has 23 heavy (non-hydrogen) atoms. The number of benzene rings is 1. The van der Waals surface area contributed by atoms with Crippen LogP contribution in [0.2, 0.25) is 5.02 Å². The van der Waals surface area contributed by atoms with Crippen molar-refractivity contribution in [2.24, 2.45) is 7.05 Å². The van der Waals surface area contributed by atoms with Crippen LogP contribution >= 0.6 is 11.6 Å². The van der Waals surface area contributed by atoms with Crippen molar-refractivity contribution in [3.63, 3.8) is 0 Å². The number of amides is 1. The van der Waals surface area contributed by atoms with Gasteiger partial charge < -0.3 is 10.1 Å². The van der Waals surface area contributed by atoms with Crippen molar-refractivity contribution in [3.05, 3.63) is 52.3 Å². The first-order chi connectivity index (χ1) is 11.0. The number of carbonyl (C=O) groups excluding carboxylic acids is 1. The highest BCUT2D eigenvalue weighted by molar-refractivity contribution is 6.30. The number of halogens is 1. The first-order valence-corrected chi connectivity index (χ1v) is 7.69. The molecule has 0 aliphatic heterocycles. The molecule has 2 rings (SSSR count). The van der Waals surface area contributed by atoms with E-state index in [9.17, 15) is 4.79 Å². The third-order valence-electron chi connectivity index (χ3n) is 3.45. The van der Waals surface area contributed by atoms with Gasteiger partial charge in [0.1, 0.15) is 12.4 Å². The van der Waals surface area contributed by atoms with Gasteiger partial charge >= 0.3 is 0 Å². The summed E-state index contributed by atoms with van der Waals surface area (Å²) in [5.74, 6) is 0.563. The molecule has 0 radical (unpaired) electrons. The summed E-state index contributed by atoms with van der Waals surface area (Å²) in [5, 5.41) is 7.75. The summed E-state index contributed by atoms with van der Waals surface area (Å²) in [6, 6.07) is 7.10. The summed E-state index contributed by atoms with van der Waals surface area (Å²) in [6.45, 7) is 4.71. The number of aryl methyl sites for hydroxylation is 2. The second-order valence-corrected chi connectivity index (χ2v) is 5.57. The summed E-state index contributed by atoms with van der Waals surface area (Å²) in [7, 11) is 1.88. The molecule has 1 heterocycles. The van der Waals surface area contributed by atoms with Gasteiger partial charge in [-0.05, 0) is 44.2 Å². The molecule has 5 nitrogen and oxygen atoms in total. The van der Waals surface area contributed by atoms with Gasteiger partial charge in [-0.2, -0.15) is 5.10 Å². The highest BCUT2D eigenvalue weighted by Gasteiger charge is 2.06. The van der Waals surface area contributed by atoms with Crippen LogP contribution < -0.4 is 10.1 Å². The summed E-state index contributed by atoms with van der Waals surface area (Å²) in [5.41, 5.74) is 2.90. The first-order valence-electron chi connectivity index (χ1n) is 7.32. The van der Waals surface area contributed by atoms with Crippen LogP contribution in [0.1, 0.15) is 17.0 Å². The fraction of sp³-hybridized carbons (Fsp3) is 0.294. The molecule has 1 N–H and O–H groups in total. The van der Waals surface area contributed by atoms with E-state index in [4.69, 9.17) is 16.3 Å². The van der Waals surface area contributed by atoms with Gasteiger partial charge in [0.25, 0.3) is 0 Å². The molecule has 0 unspecified atom stereocenters. The number of aromatic nitrogens is 2. The van der Waals surface area contributed by atoms with E-state index in [0.717, 1.165) is 22.7 Å². The lowest BCUT2D eigenvalue weighted by Gasteiger charge is -2.06. The van der Waals surface area contributed by atoms with Gasteiger partial charge in [-0.25, -0.2) is 0 Å². The quantitative estimate of drug-likeness (QED) is 0.653. The second kappa shape index (κ2) is 7.83. The molecule has 0 fully saturated rings. The number of rotatable bonds is 6. The zero-order chi connectivity index (χ0) is 16.8. The minimum atomic E-state index is -0.160. The average Bonchev–Trinajstić information content (AvgIpc) is 2.76. The highest BCUT2D eigenvalue weighted by Crippen LogP contribution is 2.15. The number of hydrogen-bond acceptors (Lipinski definition) is 3. The molecule has 6 heteroatoms. The molecule has 0 aliphatic rings. The highest BCUT2D eigenvalue weighted by atomic mass is 35.5. The van der Waals surface area contributed by atoms with Gasteiger partial charge in [-0.3, -0.25) is 9.48 Å². The van der Waals surface area contributed by atoms with Crippen molar-refractivity contribution in [2.45, 2.75) is 13.8 Å². The van der Waals surface area contributed by atoms with Crippen molar-refractivity contribution in [2.75, 3.05) is 13.2 Å². The predicted molar refractivity (Wildman–Crippen MR) is 91.7 cm³/mol. The van der Waals surface area contributed by atoms with E-state index in [2.05, 4.69) is 10.4 Å². The lowest BCUT2D eigenvalue weighted by Crippen LogP contribution is -2.26. The summed E-state index contributed by atoms with van der Waals surface area (Å²) in [6.07, 6.45) is 3.30. The average molecular weight is 334 g/mol. The molecule has 0 spiro atoms. The molecule has 0 atom stereocenters. The monoisotopic (exact) mass is 333 g/mol. The lowest BCUT2D eigenvalue weighted by molar-refractivity contribution is -0.116. The minimum absolute atomic E-state index is 0.160. The van der Waals surface area contributed by atoms with Crippen LogP contribution in [-0.4, -0.2) is 28.8 Å². The van der Waals surface area contributed by atoms with Gasteiger partial charge in [0.2, 0.25) is 5.91 Å². The molecule has 1 aromatic heterocycles. The molecule has 1 amide bonds. The molecular weight excluding hydrogens is 314 g/mol. The van der Waals surface area contributed by atoms with Crippen LogP contribution in [0.3, 0.4) is 0 Å². The fourth-order valence-corrected chi connectivity index (χ4v) is 2.25. The smallest absolute Gasteiger partial charge is 0.244 e. The number of ether oxygens (including phenoxy) is 1. The maximum absolute atomic E-state index is 11.8.